The maximum atomic E-state index is 5.64. The summed E-state index contributed by atoms with van der Waals surface area (Å²) in [7, 11) is 0. The van der Waals surface area contributed by atoms with Gasteiger partial charge in [-0.2, -0.15) is 0 Å². The van der Waals surface area contributed by atoms with E-state index in [1.54, 1.807) is 0 Å². The molecule has 0 saturated heterocycles. The van der Waals surface area contributed by atoms with Gasteiger partial charge in [-0.05, 0) is 32.7 Å². The minimum Gasteiger partial charge on any atom is -0.329 e. The molecule has 0 unspecified atom stereocenters. The van der Waals surface area contributed by atoms with Crippen LogP contribution in [-0.4, -0.2) is 18.6 Å². The van der Waals surface area contributed by atoms with Crippen molar-refractivity contribution in [1.29, 1.82) is 0 Å². The van der Waals surface area contributed by atoms with Crippen molar-refractivity contribution in [2.75, 3.05) is 13.1 Å². The molecule has 0 atom stereocenters. The Hall–Kier alpha value is -0.0800. The molecule has 0 aromatic heterocycles. The van der Waals surface area contributed by atoms with Crippen molar-refractivity contribution >= 4 is 0 Å². The van der Waals surface area contributed by atoms with Gasteiger partial charge in [-0.1, -0.05) is 25.7 Å². The van der Waals surface area contributed by atoms with Gasteiger partial charge >= 0.3 is 0 Å². The van der Waals surface area contributed by atoms with Crippen LogP contribution in [0.15, 0.2) is 0 Å². The van der Waals surface area contributed by atoms with Crippen LogP contribution in [0.1, 0.15) is 46.0 Å². The van der Waals surface area contributed by atoms with Gasteiger partial charge in [0.25, 0.3) is 0 Å². The summed E-state index contributed by atoms with van der Waals surface area (Å²) in [5, 5.41) is 3.51. The van der Waals surface area contributed by atoms with Crippen LogP contribution in [0.2, 0.25) is 0 Å². The average molecular weight is 184 g/mol. The van der Waals surface area contributed by atoms with Gasteiger partial charge in [0.2, 0.25) is 0 Å². The second-order valence-electron chi connectivity index (χ2n) is 4.95. The van der Waals surface area contributed by atoms with Crippen molar-refractivity contribution in [1.82, 2.24) is 5.32 Å². The number of nitrogens with one attached hydrogen (secondary N) is 1. The van der Waals surface area contributed by atoms with Gasteiger partial charge in [-0.3, -0.25) is 0 Å². The molecule has 1 saturated carbocycles. The molecule has 0 aromatic carbocycles. The van der Waals surface area contributed by atoms with E-state index in [9.17, 15) is 0 Å². The minimum atomic E-state index is 0.124. The highest BCUT2D eigenvalue weighted by molar-refractivity contribution is 4.79. The molecule has 0 heterocycles. The van der Waals surface area contributed by atoms with Gasteiger partial charge in [0.1, 0.15) is 0 Å². The predicted molar refractivity (Wildman–Crippen MR) is 57.7 cm³/mol. The molecule has 0 spiro atoms. The Morgan fingerprint density at radius 3 is 2.46 bits per heavy atom. The molecule has 0 amide bonds. The Kier molecular flexibility index (Phi) is 4.20. The number of nitrogens with two attached hydrogens (primary N) is 1. The fourth-order valence-corrected chi connectivity index (χ4v) is 1.99. The Morgan fingerprint density at radius 2 is 1.92 bits per heavy atom. The average Bonchev–Trinajstić information content (AvgIpc) is 2.57. The van der Waals surface area contributed by atoms with Gasteiger partial charge in [-0.15, -0.1) is 0 Å². The van der Waals surface area contributed by atoms with Crippen LogP contribution in [0.25, 0.3) is 0 Å². The molecular formula is C11H24N2. The lowest BCUT2D eigenvalue weighted by atomic mass is 10.0. The summed E-state index contributed by atoms with van der Waals surface area (Å²) >= 11 is 0. The molecule has 0 radical (unpaired) electrons. The first-order chi connectivity index (χ1) is 6.14. The molecule has 0 aliphatic heterocycles. The number of hydrogen-bond acceptors (Lipinski definition) is 2. The van der Waals surface area contributed by atoms with E-state index in [-0.39, 0.29) is 5.54 Å². The molecule has 78 valence electrons. The third kappa shape index (κ3) is 4.10. The summed E-state index contributed by atoms with van der Waals surface area (Å²) in [6, 6.07) is 0. The minimum absolute atomic E-state index is 0.124. The molecule has 1 fully saturated rings. The predicted octanol–water partition coefficient (Wildman–Crippen LogP) is 1.89. The van der Waals surface area contributed by atoms with Crippen LogP contribution in [0.4, 0.5) is 0 Å². The second kappa shape index (κ2) is 4.97. The first kappa shape index (κ1) is 11.0. The normalized spacial score (nSPS) is 19.6. The van der Waals surface area contributed by atoms with E-state index >= 15 is 0 Å². The van der Waals surface area contributed by atoms with Crippen molar-refractivity contribution in [3.8, 4) is 0 Å². The van der Waals surface area contributed by atoms with Crippen LogP contribution in [0.5, 0.6) is 0 Å². The van der Waals surface area contributed by atoms with Crippen LogP contribution < -0.4 is 11.1 Å². The van der Waals surface area contributed by atoms with Gasteiger partial charge < -0.3 is 11.1 Å². The zero-order valence-corrected chi connectivity index (χ0v) is 9.10. The first-order valence-electron chi connectivity index (χ1n) is 5.59. The lowest BCUT2D eigenvalue weighted by molar-refractivity contribution is 0.369. The lowest BCUT2D eigenvalue weighted by Crippen LogP contribution is -2.46. The van der Waals surface area contributed by atoms with Gasteiger partial charge in [0.05, 0.1) is 0 Å². The summed E-state index contributed by atoms with van der Waals surface area (Å²) < 4.78 is 0. The largest absolute Gasteiger partial charge is 0.329 e. The topological polar surface area (TPSA) is 38.0 Å². The van der Waals surface area contributed by atoms with Crippen molar-refractivity contribution in [3.63, 3.8) is 0 Å². The lowest BCUT2D eigenvalue weighted by Gasteiger charge is -2.25. The summed E-state index contributed by atoms with van der Waals surface area (Å²) in [6.07, 6.45) is 7.13. The zero-order valence-electron chi connectivity index (χ0n) is 9.10. The highest BCUT2D eigenvalue weighted by Crippen LogP contribution is 2.27. The third-order valence-electron chi connectivity index (χ3n) is 3.14. The molecule has 1 aliphatic carbocycles. The summed E-state index contributed by atoms with van der Waals surface area (Å²) in [6.45, 7) is 6.19. The summed E-state index contributed by atoms with van der Waals surface area (Å²) in [5.41, 5.74) is 5.76. The SMILES string of the molecule is CC(C)(CN)NCCC1CCCC1. The summed E-state index contributed by atoms with van der Waals surface area (Å²) in [5.74, 6) is 0.987. The molecule has 1 aliphatic rings. The smallest absolute Gasteiger partial charge is 0.0247 e. The molecule has 1 rings (SSSR count). The molecule has 0 aromatic rings. The van der Waals surface area contributed by atoms with Crippen molar-refractivity contribution in [3.05, 3.63) is 0 Å². The van der Waals surface area contributed by atoms with E-state index in [1.807, 2.05) is 0 Å². The highest BCUT2D eigenvalue weighted by atomic mass is 15.0. The van der Waals surface area contributed by atoms with E-state index in [2.05, 4.69) is 19.2 Å². The third-order valence-corrected chi connectivity index (χ3v) is 3.14. The Morgan fingerprint density at radius 1 is 1.31 bits per heavy atom. The highest BCUT2D eigenvalue weighted by Gasteiger charge is 2.17. The van der Waals surface area contributed by atoms with Crippen LogP contribution in [0, 0.1) is 5.92 Å². The van der Waals surface area contributed by atoms with Crippen LogP contribution in [0.3, 0.4) is 0 Å². The van der Waals surface area contributed by atoms with E-state index in [0.717, 1.165) is 19.0 Å². The maximum Gasteiger partial charge on any atom is 0.0247 e. The first-order valence-corrected chi connectivity index (χ1v) is 5.59. The maximum absolute atomic E-state index is 5.64. The van der Waals surface area contributed by atoms with E-state index < -0.39 is 0 Å². The van der Waals surface area contributed by atoms with Crippen molar-refractivity contribution < 1.29 is 0 Å². The monoisotopic (exact) mass is 184 g/mol. The van der Waals surface area contributed by atoms with Gasteiger partial charge in [0, 0.05) is 12.1 Å². The zero-order chi connectivity index (χ0) is 9.73. The van der Waals surface area contributed by atoms with E-state index in [1.165, 1.54) is 32.1 Å². The Balaban J connectivity index is 2.06. The number of rotatable bonds is 5. The second-order valence-corrected chi connectivity index (χ2v) is 4.95. The van der Waals surface area contributed by atoms with Crippen LogP contribution in [-0.2, 0) is 0 Å². The van der Waals surface area contributed by atoms with Crippen molar-refractivity contribution in [2.45, 2.75) is 51.5 Å². The molecule has 3 N–H and O–H groups in total. The van der Waals surface area contributed by atoms with E-state index in [4.69, 9.17) is 5.73 Å². The fourth-order valence-electron chi connectivity index (χ4n) is 1.99. The standard InChI is InChI=1S/C11H24N2/c1-11(2,9-12)13-8-7-10-5-3-4-6-10/h10,13H,3-9,12H2,1-2H3. The molecule has 13 heavy (non-hydrogen) atoms. The quantitative estimate of drug-likeness (QED) is 0.685. The van der Waals surface area contributed by atoms with Gasteiger partial charge in [0.15, 0.2) is 0 Å². The number of hydrogen-bond donors (Lipinski definition) is 2. The Labute approximate surface area is 82.3 Å². The molecule has 2 nitrogen and oxygen atoms in total. The molecule has 0 bridgehead atoms. The van der Waals surface area contributed by atoms with Gasteiger partial charge in [-0.25, -0.2) is 0 Å². The molecular weight excluding hydrogens is 160 g/mol. The Bertz CT molecular complexity index is 137. The summed E-state index contributed by atoms with van der Waals surface area (Å²) in [4.78, 5) is 0. The van der Waals surface area contributed by atoms with Crippen molar-refractivity contribution in [2.24, 2.45) is 11.7 Å². The van der Waals surface area contributed by atoms with Crippen LogP contribution >= 0.6 is 0 Å². The molecule has 2 heteroatoms. The fraction of sp³-hybridized carbons (Fsp3) is 1.00. The van der Waals surface area contributed by atoms with E-state index in [0.29, 0.717) is 0 Å².